The summed E-state index contributed by atoms with van der Waals surface area (Å²) in [6.07, 6.45) is 7.00. The van der Waals surface area contributed by atoms with Crippen LogP contribution in [0.5, 0.6) is 0 Å². The average Bonchev–Trinajstić information content (AvgIpc) is 3.60. The molecule has 4 aliphatic rings. The van der Waals surface area contributed by atoms with Gasteiger partial charge in [0.1, 0.15) is 11.6 Å². The van der Waals surface area contributed by atoms with E-state index in [2.05, 4.69) is 48.7 Å². The molecule has 1 saturated carbocycles. The van der Waals surface area contributed by atoms with Crippen LogP contribution >= 0.6 is 0 Å². The first-order valence-corrected chi connectivity index (χ1v) is 15.5. The largest absolute Gasteiger partial charge is 0.359 e. The second kappa shape index (κ2) is 11.0. The molecule has 2 N–H and O–H groups in total. The van der Waals surface area contributed by atoms with Gasteiger partial charge in [0.05, 0.1) is 17.9 Å². The van der Waals surface area contributed by atoms with Gasteiger partial charge in [0.2, 0.25) is 17.7 Å². The number of fused-ring (bicyclic) bond motifs is 1. The van der Waals surface area contributed by atoms with E-state index in [1.54, 1.807) is 4.90 Å². The molecule has 2 aromatic rings. The molecule has 3 fully saturated rings. The summed E-state index contributed by atoms with van der Waals surface area (Å²) in [5, 5.41) is 6.38. The van der Waals surface area contributed by atoms with Crippen molar-refractivity contribution >= 4 is 23.4 Å². The Morgan fingerprint density at radius 1 is 1.00 bits per heavy atom. The summed E-state index contributed by atoms with van der Waals surface area (Å²) >= 11 is 0. The van der Waals surface area contributed by atoms with Crippen LogP contribution in [0, 0.1) is 44.4 Å². The number of ether oxygens (including phenoxy) is 1. The Morgan fingerprint density at radius 3 is 2.50 bits per heavy atom. The normalized spacial score (nSPS) is 33.1. The van der Waals surface area contributed by atoms with E-state index in [9.17, 15) is 14.4 Å². The van der Waals surface area contributed by atoms with Gasteiger partial charge in [-0.15, -0.1) is 0 Å². The van der Waals surface area contributed by atoms with Crippen LogP contribution in [-0.4, -0.2) is 53.0 Å². The minimum atomic E-state index is -1.16. The van der Waals surface area contributed by atoms with Gasteiger partial charge in [-0.2, -0.15) is 0 Å². The minimum Gasteiger partial charge on any atom is -0.359 e. The number of rotatable bonds is 7. The number of amides is 3. The fourth-order valence-electron chi connectivity index (χ4n) is 7.60. The maximum absolute atomic E-state index is 14.3. The topological polar surface area (TPSA) is 87.7 Å². The van der Waals surface area contributed by atoms with Crippen molar-refractivity contribution < 1.29 is 19.1 Å². The second-order valence-corrected chi connectivity index (χ2v) is 13.1. The summed E-state index contributed by atoms with van der Waals surface area (Å²) in [4.78, 5) is 44.0. The van der Waals surface area contributed by atoms with Crippen molar-refractivity contribution in [1.29, 1.82) is 0 Å². The molecule has 2 bridgehead atoms. The average molecular weight is 570 g/mol. The van der Waals surface area contributed by atoms with Crippen LogP contribution in [0.15, 0.2) is 54.6 Å². The molecule has 8 atom stereocenters. The number of anilines is 1. The molecule has 7 nitrogen and oxygen atoms in total. The van der Waals surface area contributed by atoms with Crippen LogP contribution in [0.1, 0.15) is 55.4 Å². The number of carbonyl (C=O) groups is 3. The molecule has 1 aliphatic carbocycles. The molecule has 2 aromatic carbocycles. The molecule has 3 aliphatic heterocycles. The molecule has 222 valence electrons. The number of likely N-dealkylation sites (tertiary alicyclic amines) is 1. The number of benzene rings is 2. The van der Waals surface area contributed by atoms with E-state index in [0.717, 1.165) is 36.0 Å². The molecule has 1 spiro atoms. The highest BCUT2D eigenvalue weighted by Crippen LogP contribution is 2.55. The van der Waals surface area contributed by atoms with Crippen molar-refractivity contribution in [3.8, 4) is 0 Å². The third kappa shape index (κ3) is 4.85. The standard InChI is InChI=1S/C35H43N3O4/c1-20-9-12-25(13-10-20)16-18-38-31(33(40)37-27-8-6-7-22(3)24(27)5)35-17-15-28(42-35)29(30(35)34(38)41)32(39)36-26-14-11-21(2)23(4)19-26/h9-15,17,19,22,24,27-31H,6-8,16,18H2,1-5H3,(H,36,39)(H,37,40)/t22-,24+,27-,28+,29-,30+,31+,35+/m1/s1. The van der Waals surface area contributed by atoms with Crippen molar-refractivity contribution in [2.45, 2.75) is 84.1 Å². The highest BCUT2D eigenvalue weighted by Gasteiger charge is 2.72. The SMILES string of the molecule is Cc1ccc(CCN2C(=O)[C@@H]3[C@H](C(=O)Nc4ccc(C)c(C)c4)[C@@H]4C=C[C@@]3(O4)[C@@H]2C(=O)N[C@@H]2CCC[C@@H](C)[C@@H]2C)cc1. The fourth-order valence-corrected chi connectivity index (χ4v) is 7.60. The van der Waals surface area contributed by atoms with Crippen LogP contribution in [0.2, 0.25) is 0 Å². The van der Waals surface area contributed by atoms with Gasteiger partial charge in [-0.05, 0) is 74.3 Å². The highest BCUT2D eigenvalue weighted by atomic mass is 16.5. The smallest absolute Gasteiger partial charge is 0.246 e. The second-order valence-electron chi connectivity index (χ2n) is 13.1. The van der Waals surface area contributed by atoms with E-state index in [4.69, 9.17) is 4.74 Å². The van der Waals surface area contributed by atoms with Crippen molar-refractivity contribution in [3.05, 3.63) is 76.9 Å². The molecule has 6 rings (SSSR count). The molecule has 0 aromatic heterocycles. The van der Waals surface area contributed by atoms with E-state index < -0.39 is 29.6 Å². The van der Waals surface area contributed by atoms with Crippen LogP contribution in [0.4, 0.5) is 5.69 Å². The van der Waals surface area contributed by atoms with Crippen LogP contribution in [0.3, 0.4) is 0 Å². The van der Waals surface area contributed by atoms with E-state index in [1.165, 1.54) is 5.56 Å². The van der Waals surface area contributed by atoms with E-state index in [1.807, 2.05) is 51.1 Å². The highest BCUT2D eigenvalue weighted by molar-refractivity contribution is 6.02. The zero-order valence-corrected chi connectivity index (χ0v) is 25.4. The minimum absolute atomic E-state index is 0.0530. The summed E-state index contributed by atoms with van der Waals surface area (Å²) < 4.78 is 6.54. The first-order valence-electron chi connectivity index (χ1n) is 15.5. The lowest BCUT2D eigenvalue weighted by Gasteiger charge is -2.38. The van der Waals surface area contributed by atoms with Gasteiger partial charge in [0.15, 0.2) is 0 Å². The van der Waals surface area contributed by atoms with Crippen molar-refractivity contribution in [2.24, 2.45) is 23.7 Å². The van der Waals surface area contributed by atoms with E-state index in [0.29, 0.717) is 30.5 Å². The van der Waals surface area contributed by atoms with Crippen molar-refractivity contribution in [1.82, 2.24) is 10.2 Å². The third-order valence-electron chi connectivity index (χ3n) is 10.5. The van der Waals surface area contributed by atoms with Gasteiger partial charge in [-0.1, -0.05) is 74.7 Å². The van der Waals surface area contributed by atoms with Gasteiger partial charge in [-0.25, -0.2) is 0 Å². The van der Waals surface area contributed by atoms with Crippen molar-refractivity contribution in [3.63, 3.8) is 0 Å². The Kier molecular flexibility index (Phi) is 7.50. The van der Waals surface area contributed by atoms with Crippen LogP contribution in [0.25, 0.3) is 0 Å². The number of hydrogen-bond donors (Lipinski definition) is 2. The lowest BCUT2D eigenvalue weighted by Crippen LogP contribution is -2.58. The Balaban J connectivity index is 1.30. The summed E-state index contributed by atoms with van der Waals surface area (Å²) in [7, 11) is 0. The molecule has 0 unspecified atom stereocenters. The first kappa shape index (κ1) is 28.7. The number of carbonyl (C=O) groups excluding carboxylic acids is 3. The lowest BCUT2D eigenvalue weighted by atomic mass is 9.73. The fraction of sp³-hybridized carbons (Fsp3) is 0.514. The lowest BCUT2D eigenvalue weighted by molar-refractivity contribution is -0.141. The maximum atomic E-state index is 14.3. The van der Waals surface area contributed by atoms with Gasteiger partial charge < -0.3 is 20.3 Å². The number of nitrogens with zero attached hydrogens (tertiary/aromatic N) is 1. The Bertz CT molecular complexity index is 1420. The molecular weight excluding hydrogens is 526 g/mol. The molecule has 3 heterocycles. The molecule has 7 heteroatoms. The van der Waals surface area contributed by atoms with Crippen LogP contribution in [-0.2, 0) is 25.5 Å². The zero-order chi connectivity index (χ0) is 29.8. The van der Waals surface area contributed by atoms with Gasteiger partial charge in [0, 0.05) is 18.3 Å². The number of hydrogen-bond acceptors (Lipinski definition) is 4. The van der Waals surface area contributed by atoms with Gasteiger partial charge in [0.25, 0.3) is 0 Å². The summed E-state index contributed by atoms with van der Waals surface area (Å²) in [6.45, 7) is 10.9. The first-order chi connectivity index (χ1) is 20.1. The zero-order valence-electron chi connectivity index (χ0n) is 25.4. The molecular formula is C35H43N3O4. The van der Waals surface area contributed by atoms with Gasteiger partial charge >= 0.3 is 0 Å². The quantitative estimate of drug-likeness (QED) is 0.465. The number of nitrogens with one attached hydrogen (secondary N) is 2. The third-order valence-corrected chi connectivity index (χ3v) is 10.5. The number of aryl methyl sites for hydroxylation is 3. The molecule has 2 saturated heterocycles. The monoisotopic (exact) mass is 569 g/mol. The Labute approximate surface area is 249 Å². The Morgan fingerprint density at radius 2 is 1.76 bits per heavy atom. The van der Waals surface area contributed by atoms with Crippen LogP contribution < -0.4 is 10.6 Å². The predicted octanol–water partition coefficient (Wildman–Crippen LogP) is 4.88. The Hall–Kier alpha value is -3.45. The van der Waals surface area contributed by atoms with Crippen molar-refractivity contribution in [2.75, 3.05) is 11.9 Å². The van der Waals surface area contributed by atoms with E-state index >= 15 is 0 Å². The molecule has 3 amide bonds. The molecule has 0 radical (unpaired) electrons. The maximum Gasteiger partial charge on any atom is 0.246 e. The predicted molar refractivity (Wildman–Crippen MR) is 163 cm³/mol. The van der Waals surface area contributed by atoms with Gasteiger partial charge in [-0.3, -0.25) is 14.4 Å². The summed E-state index contributed by atoms with van der Waals surface area (Å²) in [6, 6.07) is 13.3. The summed E-state index contributed by atoms with van der Waals surface area (Å²) in [5.74, 6) is -1.20. The summed E-state index contributed by atoms with van der Waals surface area (Å²) in [5.41, 5.74) is 4.03. The van der Waals surface area contributed by atoms with E-state index in [-0.39, 0.29) is 23.8 Å². The molecule has 42 heavy (non-hydrogen) atoms.